The van der Waals surface area contributed by atoms with E-state index in [1.54, 1.807) is 0 Å². The van der Waals surface area contributed by atoms with Crippen molar-refractivity contribution in [2.24, 2.45) is 5.92 Å². The van der Waals surface area contributed by atoms with Crippen LogP contribution in [0.5, 0.6) is 0 Å². The van der Waals surface area contributed by atoms with Crippen molar-refractivity contribution in [3.63, 3.8) is 0 Å². The second kappa shape index (κ2) is 4.59. The van der Waals surface area contributed by atoms with Gasteiger partial charge in [0.2, 0.25) is 0 Å². The van der Waals surface area contributed by atoms with Gasteiger partial charge in [0.15, 0.2) is 5.78 Å². The second-order valence-corrected chi connectivity index (χ2v) is 4.30. The van der Waals surface area contributed by atoms with Crippen molar-refractivity contribution in [3.8, 4) is 0 Å². The lowest BCUT2D eigenvalue weighted by molar-refractivity contribution is -0.117. The third-order valence-corrected chi connectivity index (χ3v) is 2.91. The van der Waals surface area contributed by atoms with Gasteiger partial charge >= 0.3 is 0 Å². The van der Waals surface area contributed by atoms with Gasteiger partial charge < -0.3 is 0 Å². The molecule has 1 fully saturated rings. The molecule has 0 saturated heterocycles. The normalized spacial score (nSPS) is 23.5. The van der Waals surface area contributed by atoms with Crippen molar-refractivity contribution < 1.29 is 4.79 Å². The average molecular weight is 180 g/mol. The van der Waals surface area contributed by atoms with Crippen molar-refractivity contribution in [2.75, 3.05) is 0 Å². The van der Waals surface area contributed by atoms with Crippen molar-refractivity contribution >= 4 is 5.78 Å². The van der Waals surface area contributed by atoms with Gasteiger partial charge in [0.05, 0.1) is 0 Å². The quantitative estimate of drug-likeness (QED) is 0.594. The molecule has 0 spiro atoms. The van der Waals surface area contributed by atoms with E-state index in [2.05, 4.69) is 6.92 Å². The summed E-state index contributed by atoms with van der Waals surface area (Å²) >= 11 is 0. The predicted octanol–water partition coefficient (Wildman–Crippen LogP) is 3.49. The number of carbonyl (C=O) groups is 1. The zero-order chi connectivity index (χ0) is 9.84. The van der Waals surface area contributed by atoms with Crippen LogP contribution in [0.4, 0.5) is 0 Å². The van der Waals surface area contributed by atoms with Crippen molar-refractivity contribution in [1.29, 1.82) is 0 Å². The number of allylic oxidation sites excluding steroid dienone is 2. The number of Topliss-reactive ketones (excluding diaryl/α,β-unsaturated/α-hetero) is 1. The Morgan fingerprint density at radius 1 is 1.46 bits per heavy atom. The van der Waals surface area contributed by atoms with E-state index in [1.165, 1.54) is 24.8 Å². The van der Waals surface area contributed by atoms with Crippen LogP contribution in [0.3, 0.4) is 0 Å². The summed E-state index contributed by atoms with van der Waals surface area (Å²) in [5.41, 5.74) is 2.33. The van der Waals surface area contributed by atoms with Crippen LogP contribution >= 0.6 is 0 Å². The molecule has 74 valence electrons. The monoisotopic (exact) mass is 180 g/mol. The predicted molar refractivity (Wildman–Crippen MR) is 55.6 cm³/mol. The Morgan fingerprint density at radius 2 is 2.15 bits per heavy atom. The van der Waals surface area contributed by atoms with Crippen LogP contribution in [-0.2, 0) is 4.79 Å². The highest BCUT2D eigenvalue weighted by molar-refractivity contribution is 5.96. The number of hydrogen-bond acceptors (Lipinski definition) is 1. The minimum atomic E-state index is 0.407. The van der Waals surface area contributed by atoms with Crippen LogP contribution in [0.15, 0.2) is 11.1 Å². The van der Waals surface area contributed by atoms with E-state index in [9.17, 15) is 4.79 Å². The molecule has 1 aliphatic rings. The maximum Gasteiger partial charge on any atom is 0.159 e. The van der Waals surface area contributed by atoms with E-state index < -0.39 is 0 Å². The molecular formula is C12H20O. The van der Waals surface area contributed by atoms with Gasteiger partial charge in [0.1, 0.15) is 0 Å². The fourth-order valence-electron chi connectivity index (χ4n) is 2.16. The Labute approximate surface area is 81.2 Å². The molecule has 1 nitrogen and oxygen atoms in total. The Hall–Kier alpha value is -0.590. The molecule has 0 radical (unpaired) electrons. The Bertz CT molecular complexity index is 221. The van der Waals surface area contributed by atoms with Gasteiger partial charge in [-0.2, -0.15) is 0 Å². The first kappa shape index (κ1) is 10.5. The molecule has 0 aromatic heterocycles. The van der Waals surface area contributed by atoms with Crippen LogP contribution in [0.1, 0.15) is 52.9 Å². The Balaban J connectivity index is 2.57. The van der Waals surface area contributed by atoms with Gasteiger partial charge in [-0.3, -0.25) is 4.79 Å². The molecule has 1 aliphatic carbocycles. The molecule has 0 aromatic carbocycles. The third-order valence-electron chi connectivity index (χ3n) is 2.91. The minimum absolute atomic E-state index is 0.407. The molecule has 1 rings (SSSR count). The number of carbonyl (C=O) groups excluding carboxylic acids is 1. The topological polar surface area (TPSA) is 17.1 Å². The van der Waals surface area contributed by atoms with Gasteiger partial charge in [-0.1, -0.05) is 25.3 Å². The highest BCUT2D eigenvalue weighted by atomic mass is 16.1. The van der Waals surface area contributed by atoms with Gasteiger partial charge in [-0.05, 0) is 38.2 Å². The number of rotatable bonds is 2. The molecule has 0 N–H and O–H groups in total. The lowest BCUT2D eigenvalue weighted by atomic mass is 9.81. The maximum absolute atomic E-state index is 11.7. The lowest BCUT2D eigenvalue weighted by Crippen LogP contribution is -2.18. The lowest BCUT2D eigenvalue weighted by Gasteiger charge is -2.23. The van der Waals surface area contributed by atoms with Gasteiger partial charge in [-0.15, -0.1) is 0 Å². The van der Waals surface area contributed by atoms with E-state index in [0.29, 0.717) is 11.7 Å². The molecule has 0 aromatic rings. The molecule has 1 heteroatoms. The zero-order valence-corrected chi connectivity index (χ0v) is 9.02. The van der Waals surface area contributed by atoms with Crippen molar-refractivity contribution in [1.82, 2.24) is 0 Å². The molecule has 1 atom stereocenters. The molecule has 0 unspecified atom stereocenters. The summed E-state index contributed by atoms with van der Waals surface area (Å²) < 4.78 is 0. The van der Waals surface area contributed by atoms with Crippen molar-refractivity contribution in [2.45, 2.75) is 52.9 Å². The molecule has 0 amide bonds. The largest absolute Gasteiger partial charge is 0.295 e. The molecule has 13 heavy (non-hydrogen) atoms. The fraction of sp³-hybridized carbons (Fsp3) is 0.750. The Morgan fingerprint density at radius 3 is 2.62 bits per heavy atom. The summed E-state index contributed by atoms with van der Waals surface area (Å²) in [4.78, 5) is 11.7. The molecular weight excluding hydrogens is 160 g/mol. The summed E-state index contributed by atoms with van der Waals surface area (Å²) in [5, 5.41) is 0. The highest BCUT2D eigenvalue weighted by Crippen LogP contribution is 2.30. The number of hydrogen-bond donors (Lipinski definition) is 0. The Kier molecular flexibility index (Phi) is 3.71. The third kappa shape index (κ3) is 2.68. The summed E-state index contributed by atoms with van der Waals surface area (Å²) in [6.07, 6.45) is 5.48. The number of ketones is 1. The molecule has 0 aliphatic heterocycles. The SMILES string of the molecule is CCC[C@@H]1CCC(=C(C)C)C(=O)C1. The fourth-order valence-corrected chi connectivity index (χ4v) is 2.16. The first-order chi connectivity index (χ1) is 6.15. The van der Waals surface area contributed by atoms with Crippen molar-refractivity contribution in [3.05, 3.63) is 11.1 Å². The summed E-state index contributed by atoms with van der Waals surface area (Å²) in [5.74, 6) is 1.07. The van der Waals surface area contributed by atoms with E-state index in [1.807, 2.05) is 13.8 Å². The van der Waals surface area contributed by atoms with Gasteiger partial charge in [0, 0.05) is 6.42 Å². The maximum atomic E-state index is 11.7. The minimum Gasteiger partial charge on any atom is -0.295 e. The van der Waals surface area contributed by atoms with Gasteiger partial charge in [-0.25, -0.2) is 0 Å². The van der Waals surface area contributed by atoms with Gasteiger partial charge in [0.25, 0.3) is 0 Å². The molecule has 0 bridgehead atoms. The second-order valence-electron chi connectivity index (χ2n) is 4.30. The van der Waals surface area contributed by atoms with Crippen LogP contribution in [-0.4, -0.2) is 5.78 Å². The van der Waals surface area contributed by atoms with Crippen LogP contribution in [0.25, 0.3) is 0 Å². The first-order valence-corrected chi connectivity index (χ1v) is 5.34. The standard InChI is InChI=1S/C12H20O/c1-4-5-10-6-7-11(9(2)3)12(13)8-10/h10H,4-8H2,1-3H3/t10-/m1/s1. The van der Waals surface area contributed by atoms with E-state index in [-0.39, 0.29) is 0 Å². The summed E-state index contributed by atoms with van der Waals surface area (Å²) in [6.45, 7) is 6.29. The van der Waals surface area contributed by atoms with E-state index in [0.717, 1.165) is 18.4 Å². The highest BCUT2D eigenvalue weighted by Gasteiger charge is 2.23. The van der Waals surface area contributed by atoms with Crippen LogP contribution in [0, 0.1) is 5.92 Å². The van der Waals surface area contributed by atoms with E-state index >= 15 is 0 Å². The molecule has 0 heterocycles. The molecule has 1 saturated carbocycles. The summed E-state index contributed by atoms with van der Waals surface area (Å²) in [6, 6.07) is 0. The first-order valence-electron chi connectivity index (χ1n) is 5.34. The average Bonchev–Trinajstić information content (AvgIpc) is 2.04. The van der Waals surface area contributed by atoms with Crippen LogP contribution in [0.2, 0.25) is 0 Å². The summed E-state index contributed by atoms with van der Waals surface area (Å²) in [7, 11) is 0. The zero-order valence-electron chi connectivity index (χ0n) is 9.02. The van der Waals surface area contributed by atoms with Crippen LogP contribution < -0.4 is 0 Å². The smallest absolute Gasteiger partial charge is 0.159 e. The van der Waals surface area contributed by atoms with E-state index in [4.69, 9.17) is 0 Å².